The molecule has 1 aliphatic carbocycles. The number of hydrogen-bond acceptors (Lipinski definition) is 3. The Morgan fingerprint density at radius 1 is 1.18 bits per heavy atom. The Morgan fingerprint density at radius 2 is 2.00 bits per heavy atom. The van der Waals surface area contributed by atoms with E-state index in [0.717, 1.165) is 32.8 Å². The fourth-order valence-corrected chi connectivity index (χ4v) is 2.89. The molecule has 3 nitrogen and oxygen atoms in total. The predicted molar refractivity (Wildman–Crippen MR) is 69.2 cm³/mol. The minimum absolute atomic E-state index is 0.540. The highest BCUT2D eigenvalue weighted by Gasteiger charge is 2.21. The van der Waals surface area contributed by atoms with E-state index >= 15 is 0 Å². The first-order valence-electron chi connectivity index (χ1n) is 7.29. The van der Waals surface area contributed by atoms with Crippen molar-refractivity contribution >= 4 is 0 Å². The molecule has 1 N–H and O–H groups in total. The third kappa shape index (κ3) is 4.57. The normalized spacial score (nSPS) is 31.6. The van der Waals surface area contributed by atoms with E-state index in [1.807, 2.05) is 0 Å². The number of hydrogen-bond donors (Lipinski definition) is 1. The average molecular weight is 241 g/mol. The van der Waals surface area contributed by atoms with E-state index in [0.29, 0.717) is 18.1 Å². The average Bonchev–Trinajstić information content (AvgIpc) is 2.38. The smallest absolute Gasteiger partial charge is 0.0594 e. The van der Waals surface area contributed by atoms with Gasteiger partial charge in [0, 0.05) is 19.2 Å². The van der Waals surface area contributed by atoms with Gasteiger partial charge in [-0.05, 0) is 25.2 Å². The molecule has 1 heterocycles. The van der Waals surface area contributed by atoms with Gasteiger partial charge >= 0.3 is 0 Å². The van der Waals surface area contributed by atoms with Crippen molar-refractivity contribution in [2.45, 2.75) is 57.6 Å². The van der Waals surface area contributed by atoms with Crippen molar-refractivity contribution in [2.24, 2.45) is 5.92 Å². The van der Waals surface area contributed by atoms with Gasteiger partial charge < -0.3 is 14.8 Å². The molecule has 100 valence electrons. The summed E-state index contributed by atoms with van der Waals surface area (Å²) in [6.45, 7) is 5.94. The lowest BCUT2D eigenvalue weighted by Gasteiger charge is -2.30. The van der Waals surface area contributed by atoms with Crippen LogP contribution in [-0.4, -0.2) is 38.5 Å². The third-order valence-corrected chi connectivity index (χ3v) is 4.06. The quantitative estimate of drug-likeness (QED) is 0.750. The van der Waals surface area contributed by atoms with E-state index in [9.17, 15) is 0 Å². The zero-order valence-electron chi connectivity index (χ0n) is 11.1. The minimum Gasteiger partial charge on any atom is -0.381 e. The molecule has 0 aromatic carbocycles. The molecule has 0 aromatic heterocycles. The molecule has 3 heteroatoms. The minimum atomic E-state index is 0.540. The summed E-state index contributed by atoms with van der Waals surface area (Å²) in [6.07, 6.45) is 8.34. The second kappa shape index (κ2) is 7.34. The summed E-state index contributed by atoms with van der Waals surface area (Å²) in [4.78, 5) is 0. The van der Waals surface area contributed by atoms with Gasteiger partial charge in [-0.3, -0.25) is 0 Å². The van der Waals surface area contributed by atoms with Crippen molar-refractivity contribution < 1.29 is 9.47 Å². The molecule has 0 bridgehead atoms. The second-order valence-corrected chi connectivity index (χ2v) is 5.53. The van der Waals surface area contributed by atoms with Gasteiger partial charge in [0.25, 0.3) is 0 Å². The summed E-state index contributed by atoms with van der Waals surface area (Å²) in [7, 11) is 0. The molecule has 2 fully saturated rings. The molecule has 17 heavy (non-hydrogen) atoms. The van der Waals surface area contributed by atoms with E-state index < -0.39 is 0 Å². The lowest BCUT2D eigenvalue weighted by atomic mass is 9.97. The largest absolute Gasteiger partial charge is 0.381 e. The topological polar surface area (TPSA) is 30.5 Å². The van der Waals surface area contributed by atoms with Crippen LogP contribution in [0.3, 0.4) is 0 Å². The first-order chi connectivity index (χ1) is 8.36. The van der Waals surface area contributed by atoms with Crippen LogP contribution in [0.2, 0.25) is 0 Å². The van der Waals surface area contributed by atoms with E-state index in [4.69, 9.17) is 9.47 Å². The van der Waals surface area contributed by atoms with Crippen LogP contribution in [0.25, 0.3) is 0 Å². The Kier molecular flexibility index (Phi) is 5.75. The Bertz CT molecular complexity index is 204. The van der Waals surface area contributed by atoms with Gasteiger partial charge in [0.1, 0.15) is 0 Å². The molecule has 0 radical (unpaired) electrons. The molecule has 2 atom stereocenters. The lowest BCUT2D eigenvalue weighted by molar-refractivity contribution is 0.0172. The third-order valence-electron chi connectivity index (χ3n) is 4.06. The van der Waals surface area contributed by atoms with Crippen LogP contribution in [0, 0.1) is 5.92 Å². The number of ether oxygens (including phenoxy) is 2. The van der Waals surface area contributed by atoms with Crippen LogP contribution < -0.4 is 5.32 Å². The number of nitrogens with one attached hydrogen (secondary N) is 1. The fourth-order valence-electron chi connectivity index (χ4n) is 2.89. The van der Waals surface area contributed by atoms with Crippen molar-refractivity contribution in [3.05, 3.63) is 0 Å². The Morgan fingerprint density at radius 3 is 2.76 bits per heavy atom. The molecule has 0 aromatic rings. The summed E-state index contributed by atoms with van der Waals surface area (Å²) >= 11 is 0. The Balaban J connectivity index is 1.53. The SMILES string of the molecule is CC1COCCC1NCCOC1CCCCC1. The van der Waals surface area contributed by atoms with E-state index in [1.54, 1.807) is 0 Å². The second-order valence-electron chi connectivity index (χ2n) is 5.53. The monoisotopic (exact) mass is 241 g/mol. The maximum Gasteiger partial charge on any atom is 0.0594 e. The lowest BCUT2D eigenvalue weighted by Crippen LogP contribution is -2.42. The molecular formula is C14H27NO2. The fraction of sp³-hybridized carbons (Fsp3) is 1.00. The predicted octanol–water partition coefficient (Wildman–Crippen LogP) is 2.35. The van der Waals surface area contributed by atoms with Crippen LogP contribution in [0.1, 0.15) is 45.4 Å². The summed E-state index contributed by atoms with van der Waals surface area (Å²) < 4.78 is 11.4. The van der Waals surface area contributed by atoms with Gasteiger partial charge in [0.15, 0.2) is 0 Å². The van der Waals surface area contributed by atoms with Gasteiger partial charge in [0.05, 0.1) is 19.3 Å². The van der Waals surface area contributed by atoms with Crippen molar-refractivity contribution in [2.75, 3.05) is 26.4 Å². The van der Waals surface area contributed by atoms with Gasteiger partial charge in [-0.1, -0.05) is 26.2 Å². The molecule has 2 unspecified atom stereocenters. The molecule has 1 saturated carbocycles. The van der Waals surface area contributed by atoms with Gasteiger partial charge in [0.2, 0.25) is 0 Å². The van der Waals surface area contributed by atoms with Crippen molar-refractivity contribution in [1.29, 1.82) is 0 Å². The summed E-state index contributed by atoms with van der Waals surface area (Å²) in [5.74, 6) is 0.637. The molecule has 1 aliphatic heterocycles. The van der Waals surface area contributed by atoms with Gasteiger partial charge in [-0.15, -0.1) is 0 Å². The van der Waals surface area contributed by atoms with Crippen LogP contribution in [-0.2, 0) is 9.47 Å². The van der Waals surface area contributed by atoms with Crippen LogP contribution in [0.15, 0.2) is 0 Å². The summed E-state index contributed by atoms with van der Waals surface area (Å²) in [5.41, 5.74) is 0. The van der Waals surface area contributed by atoms with Crippen molar-refractivity contribution in [3.8, 4) is 0 Å². The Hall–Kier alpha value is -0.120. The first-order valence-corrected chi connectivity index (χ1v) is 7.29. The van der Waals surface area contributed by atoms with Gasteiger partial charge in [-0.2, -0.15) is 0 Å². The molecule has 0 spiro atoms. The van der Waals surface area contributed by atoms with Crippen LogP contribution in [0.5, 0.6) is 0 Å². The molecule has 2 aliphatic rings. The Labute approximate surface area is 105 Å². The molecule has 2 rings (SSSR count). The zero-order chi connectivity index (χ0) is 11.9. The summed E-state index contributed by atoms with van der Waals surface area (Å²) in [6, 6.07) is 0.624. The highest BCUT2D eigenvalue weighted by atomic mass is 16.5. The van der Waals surface area contributed by atoms with E-state index in [-0.39, 0.29) is 0 Å². The highest BCUT2D eigenvalue weighted by molar-refractivity contribution is 4.76. The molecular weight excluding hydrogens is 214 g/mol. The molecule has 0 amide bonds. The maximum atomic E-state index is 5.92. The molecule has 1 saturated heterocycles. The van der Waals surface area contributed by atoms with Crippen LogP contribution >= 0.6 is 0 Å². The van der Waals surface area contributed by atoms with Gasteiger partial charge in [-0.25, -0.2) is 0 Å². The number of rotatable bonds is 5. The first kappa shape index (κ1) is 13.3. The van der Waals surface area contributed by atoms with E-state index in [2.05, 4.69) is 12.2 Å². The standard InChI is InChI=1S/C14H27NO2/c1-12-11-16-9-7-14(12)15-8-10-17-13-5-3-2-4-6-13/h12-15H,2-11H2,1H3. The summed E-state index contributed by atoms with van der Waals surface area (Å²) in [5, 5.41) is 3.61. The van der Waals surface area contributed by atoms with Crippen molar-refractivity contribution in [3.63, 3.8) is 0 Å². The van der Waals surface area contributed by atoms with E-state index in [1.165, 1.54) is 32.1 Å². The highest BCUT2D eigenvalue weighted by Crippen LogP contribution is 2.20. The maximum absolute atomic E-state index is 5.92. The van der Waals surface area contributed by atoms with Crippen LogP contribution in [0.4, 0.5) is 0 Å². The zero-order valence-corrected chi connectivity index (χ0v) is 11.1. The van der Waals surface area contributed by atoms with Crippen molar-refractivity contribution in [1.82, 2.24) is 5.32 Å².